The quantitative estimate of drug-likeness (QED) is 0.807. The van der Waals surface area contributed by atoms with Gasteiger partial charge in [0, 0.05) is 12.6 Å². The number of nitrogens with zero attached hydrogens (tertiary/aromatic N) is 3. The standard InChI is InChI=1S/C13H24N4O/c1-9(2)7-8-17(11-5-6-11)13-16-15-12(18-13)10(3)14-4/h9-11,14H,5-8H2,1-4H3. The summed E-state index contributed by atoms with van der Waals surface area (Å²) in [5, 5.41) is 11.4. The van der Waals surface area contributed by atoms with Crippen LogP contribution in [0.5, 0.6) is 0 Å². The van der Waals surface area contributed by atoms with Crippen molar-refractivity contribution < 1.29 is 4.42 Å². The van der Waals surface area contributed by atoms with Crippen molar-refractivity contribution in [3.05, 3.63) is 5.89 Å². The molecule has 18 heavy (non-hydrogen) atoms. The lowest BCUT2D eigenvalue weighted by Crippen LogP contribution is -2.28. The summed E-state index contributed by atoms with van der Waals surface area (Å²) in [5.41, 5.74) is 0. The SMILES string of the molecule is CNC(C)c1nnc(N(CCC(C)C)C2CC2)o1. The Bertz CT molecular complexity index is 373. The van der Waals surface area contributed by atoms with Gasteiger partial charge in [0.25, 0.3) is 0 Å². The van der Waals surface area contributed by atoms with E-state index in [1.54, 1.807) is 0 Å². The molecule has 0 spiro atoms. The highest BCUT2D eigenvalue weighted by Gasteiger charge is 2.32. The Labute approximate surface area is 109 Å². The molecule has 1 aliphatic rings. The zero-order chi connectivity index (χ0) is 13.1. The maximum absolute atomic E-state index is 5.77. The highest BCUT2D eigenvalue weighted by atomic mass is 16.4. The summed E-state index contributed by atoms with van der Waals surface area (Å²) in [4.78, 5) is 2.28. The topological polar surface area (TPSA) is 54.2 Å². The first kappa shape index (κ1) is 13.3. The van der Waals surface area contributed by atoms with E-state index in [4.69, 9.17) is 4.42 Å². The van der Waals surface area contributed by atoms with Crippen LogP contribution in [0.2, 0.25) is 0 Å². The Kier molecular flexibility index (Phi) is 4.22. The molecule has 0 radical (unpaired) electrons. The highest BCUT2D eigenvalue weighted by molar-refractivity contribution is 5.29. The third kappa shape index (κ3) is 3.22. The molecule has 0 bridgehead atoms. The van der Waals surface area contributed by atoms with Gasteiger partial charge in [-0.1, -0.05) is 18.9 Å². The van der Waals surface area contributed by atoms with Crippen molar-refractivity contribution in [3.63, 3.8) is 0 Å². The zero-order valence-corrected chi connectivity index (χ0v) is 11.8. The molecule has 0 saturated heterocycles. The van der Waals surface area contributed by atoms with E-state index >= 15 is 0 Å². The second-order valence-electron chi connectivity index (χ2n) is 5.54. The van der Waals surface area contributed by atoms with Gasteiger partial charge in [0.15, 0.2) is 0 Å². The summed E-state index contributed by atoms with van der Waals surface area (Å²) < 4.78 is 5.77. The third-order valence-electron chi connectivity index (χ3n) is 3.41. The van der Waals surface area contributed by atoms with E-state index in [-0.39, 0.29) is 6.04 Å². The second kappa shape index (κ2) is 5.69. The lowest BCUT2D eigenvalue weighted by atomic mass is 10.1. The van der Waals surface area contributed by atoms with Crippen molar-refractivity contribution in [2.75, 3.05) is 18.5 Å². The molecule has 5 nitrogen and oxygen atoms in total. The van der Waals surface area contributed by atoms with Crippen LogP contribution in [0, 0.1) is 5.92 Å². The number of aromatic nitrogens is 2. The van der Waals surface area contributed by atoms with Crippen LogP contribution < -0.4 is 10.2 Å². The van der Waals surface area contributed by atoms with E-state index in [0.29, 0.717) is 23.9 Å². The van der Waals surface area contributed by atoms with E-state index < -0.39 is 0 Å². The number of anilines is 1. The van der Waals surface area contributed by atoms with Gasteiger partial charge >= 0.3 is 6.01 Å². The maximum atomic E-state index is 5.77. The Morgan fingerprint density at radius 2 is 2.06 bits per heavy atom. The van der Waals surface area contributed by atoms with Gasteiger partial charge in [-0.05, 0) is 39.2 Å². The minimum atomic E-state index is 0.109. The number of rotatable bonds is 7. The molecule has 2 rings (SSSR count). The summed E-state index contributed by atoms with van der Waals surface area (Å²) in [7, 11) is 1.89. The van der Waals surface area contributed by atoms with Gasteiger partial charge in [-0.3, -0.25) is 0 Å². The predicted molar refractivity (Wildman–Crippen MR) is 71.6 cm³/mol. The fourth-order valence-corrected chi connectivity index (χ4v) is 1.86. The van der Waals surface area contributed by atoms with Crippen LogP contribution in [0.1, 0.15) is 52.0 Å². The fraction of sp³-hybridized carbons (Fsp3) is 0.846. The lowest BCUT2D eigenvalue weighted by molar-refractivity contribution is 0.424. The van der Waals surface area contributed by atoms with Gasteiger partial charge in [0.05, 0.1) is 6.04 Å². The van der Waals surface area contributed by atoms with Crippen molar-refractivity contribution in [3.8, 4) is 0 Å². The molecular formula is C13H24N4O. The molecule has 0 amide bonds. The second-order valence-corrected chi connectivity index (χ2v) is 5.54. The van der Waals surface area contributed by atoms with Gasteiger partial charge in [-0.15, -0.1) is 5.10 Å². The number of hydrogen-bond acceptors (Lipinski definition) is 5. The number of hydrogen-bond donors (Lipinski definition) is 1. The summed E-state index contributed by atoms with van der Waals surface area (Å²) in [6.45, 7) is 7.52. The van der Waals surface area contributed by atoms with Gasteiger partial charge in [0.2, 0.25) is 5.89 Å². The van der Waals surface area contributed by atoms with E-state index in [9.17, 15) is 0 Å². The van der Waals surface area contributed by atoms with Crippen LogP contribution >= 0.6 is 0 Å². The largest absolute Gasteiger partial charge is 0.406 e. The minimum Gasteiger partial charge on any atom is -0.406 e. The monoisotopic (exact) mass is 252 g/mol. The molecule has 1 N–H and O–H groups in total. The Morgan fingerprint density at radius 3 is 2.61 bits per heavy atom. The van der Waals surface area contributed by atoms with E-state index in [1.165, 1.54) is 12.8 Å². The molecule has 1 unspecified atom stereocenters. The number of nitrogens with one attached hydrogen (secondary N) is 1. The molecule has 102 valence electrons. The van der Waals surface area contributed by atoms with Crippen LogP contribution in [0.4, 0.5) is 6.01 Å². The maximum Gasteiger partial charge on any atom is 0.318 e. The van der Waals surface area contributed by atoms with Crippen molar-refractivity contribution in [2.45, 2.75) is 52.1 Å². The third-order valence-corrected chi connectivity index (χ3v) is 3.41. The van der Waals surface area contributed by atoms with Crippen LogP contribution in [-0.4, -0.2) is 29.8 Å². The Hall–Kier alpha value is -1.10. The lowest BCUT2D eigenvalue weighted by Gasteiger charge is -2.20. The van der Waals surface area contributed by atoms with E-state index in [1.807, 2.05) is 14.0 Å². The van der Waals surface area contributed by atoms with Crippen LogP contribution in [-0.2, 0) is 0 Å². The molecule has 1 saturated carbocycles. The van der Waals surface area contributed by atoms with Crippen LogP contribution in [0.15, 0.2) is 4.42 Å². The molecule has 0 aliphatic heterocycles. The molecular weight excluding hydrogens is 228 g/mol. The average Bonchev–Trinajstić information content (AvgIpc) is 3.05. The first-order valence-electron chi connectivity index (χ1n) is 6.89. The average molecular weight is 252 g/mol. The highest BCUT2D eigenvalue weighted by Crippen LogP contribution is 2.31. The zero-order valence-electron chi connectivity index (χ0n) is 11.8. The molecule has 5 heteroatoms. The van der Waals surface area contributed by atoms with Crippen LogP contribution in [0.3, 0.4) is 0 Å². The summed E-state index contributed by atoms with van der Waals surface area (Å²) in [5.74, 6) is 1.37. The molecule has 1 aromatic heterocycles. The van der Waals surface area contributed by atoms with Gasteiger partial charge in [-0.2, -0.15) is 0 Å². The fourth-order valence-electron chi connectivity index (χ4n) is 1.86. The van der Waals surface area contributed by atoms with E-state index in [2.05, 4.69) is 34.3 Å². The van der Waals surface area contributed by atoms with E-state index in [0.717, 1.165) is 13.0 Å². The Balaban J connectivity index is 2.03. The molecule has 1 aliphatic carbocycles. The normalized spacial score (nSPS) is 17.2. The van der Waals surface area contributed by atoms with Gasteiger partial charge < -0.3 is 14.6 Å². The first-order valence-corrected chi connectivity index (χ1v) is 6.89. The van der Waals surface area contributed by atoms with Gasteiger partial charge in [-0.25, -0.2) is 0 Å². The predicted octanol–water partition coefficient (Wildman–Crippen LogP) is 2.36. The smallest absolute Gasteiger partial charge is 0.318 e. The molecule has 1 aromatic rings. The summed E-state index contributed by atoms with van der Waals surface area (Å²) in [6, 6.07) is 1.41. The molecule has 0 aromatic carbocycles. The summed E-state index contributed by atoms with van der Waals surface area (Å²) in [6.07, 6.45) is 3.66. The Morgan fingerprint density at radius 1 is 1.33 bits per heavy atom. The van der Waals surface area contributed by atoms with Crippen molar-refractivity contribution in [1.82, 2.24) is 15.5 Å². The minimum absolute atomic E-state index is 0.109. The molecule has 1 heterocycles. The van der Waals surface area contributed by atoms with Crippen molar-refractivity contribution in [1.29, 1.82) is 0 Å². The first-order chi connectivity index (χ1) is 8.61. The molecule has 1 atom stereocenters. The van der Waals surface area contributed by atoms with Crippen LogP contribution in [0.25, 0.3) is 0 Å². The van der Waals surface area contributed by atoms with Gasteiger partial charge in [0.1, 0.15) is 0 Å². The molecule has 1 fully saturated rings. The van der Waals surface area contributed by atoms with Crippen molar-refractivity contribution >= 4 is 6.01 Å². The summed E-state index contributed by atoms with van der Waals surface area (Å²) >= 11 is 0. The van der Waals surface area contributed by atoms with Crippen molar-refractivity contribution in [2.24, 2.45) is 5.92 Å².